The maximum Gasteiger partial charge on any atom is 0.0754 e. The molecule has 11 aromatic carbocycles. The van der Waals surface area contributed by atoms with Crippen LogP contribution in [0, 0.1) is 0 Å². The fourth-order valence-corrected chi connectivity index (χ4v) is 11.8. The number of hydrogen-bond donors (Lipinski definition) is 0. The van der Waals surface area contributed by atoms with Gasteiger partial charge in [-0.3, -0.25) is 0 Å². The second-order valence-corrected chi connectivity index (χ2v) is 17.9. The molecular weight excluding hydrogens is 809 g/mol. The van der Waals surface area contributed by atoms with Crippen molar-refractivity contribution < 1.29 is 0 Å². The van der Waals surface area contributed by atoms with Crippen LogP contribution in [0.4, 0.5) is 17.1 Å². The van der Waals surface area contributed by atoms with Crippen LogP contribution in [0.15, 0.2) is 255 Å². The van der Waals surface area contributed by atoms with Crippen molar-refractivity contribution in [2.45, 2.75) is 5.41 Å². The van der Waals surface area contributed by atoms with E-state index >= 15 is 0 Å². The number of rotatable bonds is 6. The summed E-state index contributed by atoms with van der Waals surface area (Å²) in [6.45, 7) is 0. The second-order valence-electron chi connectivity index (χ2n) is 17.9. The standard InChI is InChI=1S/C65H42N2/c1-2-19-45(20-3-1)49-22-8-14-30-59(49)66(48-38-36-44(37-39-48)47-35-34-43-18-4-5-21-46(43)42-47)60-31-15-9-25-52(60)53-40-41-58-64-63(53)54-26-10-16-32-61(54)67(64)62-33-17-13-29-57(62)65(58)55-27-11-6-23-50(55)51-24-7-12-28-56(51)65/h1-42H. The highest BCUT2D eigenvalue weighted by atomic mass is 15.1. The van der Waals surface area contributed by atoms with Gasteiger partial charge in [-0.05, 0) is 109 Å². The molecule has 1 spiro atoms. The Bertz CT molecular complexity index is 3890. The van der Waals surface area contributed by atoms with Gasteiger partial charge in [-0.2, -0.15) is 0 Å². The summed E-state index contributed by atoms with van der Waals surface area (Å²) in [5, 5.41) is 4.99. The average Bonchev–Trinajstić information content (AvgIpc) is 3.90. The van der Waals surface area contributed by atoms with E-state index in [1.807, 2.05) is 0 Å². The molecule has 0 unspecified atom stereocenters. The van der Waals surface area contributed by atoms with Crippen molar-refractivity contribution in [2.24, 2.45) is 0 Å². The topological polar surface area (TPSA) is 8.17 Å². The predicted molar refractivity (Wildman–Crippen MR) is 280 cm³/mol. The molecule has 0 N–H and O–H groups in total. The molecule has 2 heteroatoms. The minimum Gasteiger partial charge on any atom is -0.309 e. The maximum absolute atomic E-state index is 2.56. The summed E-state index contributed by atoms with van der Waals surface area (Å²) in [7, 11) is 0. The lowest BCUT2D eigenvalue weighted by Crippen LogP contribution is -2.33. The van der Waals surface area contributed by atoms with E-state index in [4.69, 9.17) is 0 Å². The van der Waals surface area contributed by atoms with Crippen molar-refractivity contribution >= 4 is 49.6 Å². The quantitative estimate of drug-likeness (QED) is 0.162. The number of aromatic nitrogens is 1. The third-order valence-electron chi connectivity index (χ3n) is 14.6. The van der Waals surface area contributed by atoms with Crippen molar-refractivity contribution in [3.8, 4) is 50.2 Å². The molecule has 1 aliphatic carbocycles. The molecule has 0 saturated heterocycles. The lowest BCUT2D eigenvalue weighted by molar-refractivity contribution is 0.748. The summed E-state index contributed by atoms with van der Waals surface area (Å²) in [6, 6.07) is 94.4. The van der Waals surface area contributed by atoms with Crippen LogP contribution in [0.3, 0.4) is 0 Å². The third kappa shape index (κ3) is 5.39. The highest BCUT2D eigenvalue weighted by Gasteiger charge is 2.51. The lowest BCUT2D eigenvalue weighted by atomic mass is 9.65. The van der Waals surface area contributed by atoms with Gasteiger partial charge in [0.25, 0.3) is 0 Å². The number of para-hydroxylation sites is 4. The average molecular weight is 851 g/mol. The van der Waals surface area contributed by atoms with Gasteiger partial charge in [0.1, 0.15) is 0 Å². The van der Waals surface area contributed by atoms with Crippen molar-refractivity contribution in [3.05, 3.63) is 277 Å². The summed E-state index contributed by atoms with van der Waals surface area (Å²) < 4.78 is 2.56. The minimum atomic E-state index is -0.502. The van der Waals surface area contributed by atoms with Crippen molar-refractivity contribution in [3.63, 3.8) is 0 Å². The number of nitrogens with zero attached hydrogens (tertiary/aromatic N) is 2. The van der Waals surface area contributed by atoms with Gasteiger partial charge in [-0.25, -0.2) is 0 Å². The smallest absolute Gasteiger partial charge is 0.0754 e. The van der Waals surface area contributed by atoms with Crippen LogP contribution in [0.2, 0.25) is 0 Å². The molecule has 1 aromatic heterocycles. The Hall–Kier alpha value is -8.72. The number of anilines is 3. The Balaban J connectivity index is 1.04. The molecule has 0 saturated carbocycles. The van der Waals surface area contributed by atoms with E-state index < -0.39 is 5.41 Å². The Morgan fingerprint density at radius 3 is 1.66 bits per heavy atom. The maximum atomic E-state index is 2.56. The molecule has 14 rings (SSSR count). The van der Waals surface area contributed by atoms with E-state index in [0.717, 1.165) is 17.1 Å². The molecule has 0 radical (unpaired) electrons. The molecule has 1 aliphatic heterocycles. The molecule has 2 nitrogen and oxygen atoms in total. The zero-order valence-corrected chi connectivity index (χ0v) is 36.6. The Labute approximate surface area is 389 Å². The molecule has 2 aliphatic rings. The van der Waals surface area contributed by atoms with E-state index in [-0.39, 0.29) is 0 Å². The number of hydrogen-bond acceptors (Lipinski definition) is 1. The van der Waals surface area contributed by atoms with E-state index in [1.54, 1.807) is 0 Å². The molecular formula is C65H42N2. The molecule has 0 amide bonds. The molecule has 67 heavy (non-hydrogen) atoms. The molecule has 312 valence electrons. The summed E-state index contributed by atoms with van der Waals surface area (Å²) >= 11 is 0. The zero-order valence-electron chi connectivity index (χ0n) is 36.6. The molecule has 12 aromatic rings. The monoisotopic (exact) mass is 850 g/mol. The van der Waals surface area contributed by atoms with E-state index in [0.29, 0.717) is 0 Å². The first-order valence-electron chi connectivity index (χ1n) is 23.3. The summed E-state index contributed by atoms with van der Waals surface area (Å²) in [4.78, 5) is 2.48. The van der Waals surface area contributed by atoms with Crippen LogP contribution in [-0.2, 0) is 5.41 Å². The van der Waals surface area contributed by atoms with Gasteiger partial charge in [-0.15, -0.1) is 0 Å². The Morgan fingerprint density at radius 2 is 0.896 bits per heavy atom. The first kappa shape index (κ1) is 37.6. The van der Waals surface area contributed by atoms with E-state index in [9.17, 15) is 0 Å². The Kier molecular flexibility index (Phi) is 8.23. The third-order valence-corrected chi connectivity index (χ3v) is 14.6. The normalized spacial score (nSPS) is 12.9. The van der Waals surface area contributed by atoms with Crippen LogP contribution >= 0.6 is 0 Å². The highest BCUT2D eigenvalue weighted by Crippen LogP contribution is 2.62. The number of benzene rings is 11. The molecule has 2 heterocycles. The van der Waals surface area contributed by atoms with Gasteiger partial charge in [-0.1, -0.05) is 212 Å². The second kappa shape index (κ2) is 14.7. The predicted octanol–water partition coefficient (Wildman–Crippen LogP) is 17.1. The van der Waals surface area contributed by atoms with Gasteiger partial charge in [0.2, 0.25) is 0 Å². The fourth-order valence-electron chi connectivity index (χ4n) is 11.8. The van der Waals surface area contributed by atoms with Crippen LogP contribution in [-0.4, -0.2) is 4.57 Å². The zero-order chi connectivity index (χ0) is 44.1. The van der Waals surface area contributed by atoms with Gasteiger partial charge < -0.3 is 9.47 Å². The lowest BCUT2D eigenvalue weighted by Gasteiger charge is -2.39. The Morgan fingerprint density at radius 1 is 0.328 bits per heavy atom. The number of fused-ring (bicyclic) bond motifs is 13. The van der Waals surface area contributed by atoms with E-state index in [2.05, 4.69) is 264 Å². The van der Waals surface area contributed by atoms with Crippen LogP contribution in [0.25, 0.3) is 82.8 Å². The summed E-state index contributed by atoms with van der Waals surface area (Å²) in [6.07, 6.45) is 0. The van der Waals surface area contributed by atoms with Gasteiger partial charge >= 0.3 is 0 Å². The van der Waals surface area contributed by atoms with E-state index in [1.165, 1.54) is 105 Å². The fraction of sp³-hybridized carbons (Fsp3) is 0.0154. The highest BCUT2D eigenvalue weighted by molar-refractivity contribution is 6.19. The SMILES string of the molecule is c1ccc(-c2ccccc2N(c2ccc(-c3ccc4ccccc4c3)cc2)c2ccccc2-c2ccc3c4c2c2ccccc2n4-c2ccccc2C32c3ccccc3-c3ccccc32)cc1. The molecule has 0 atom stereocenters. The first-order valence-corrected chi connectivity index (χ1v) is 23.3. The van der Waals surface area contributed by atoms with Crippen molar-refractivity contribution in [1.29, 1.82) is 0 Å². The van der Waals surface area contributed by atoms with Crippen molar-refractivity contribution in [2.75, 3.05) is 4.90 Å². The molecule has 0 bridgehead atoms. The van der Waals surface area contributed by atoms with Crippen molar-refractivity contribution in [1.82, 2.24) is 4.57 Å². The van der Waals surface area contributed by atoms with Gasteiger partial charge in [0.05, 0.1) is 33.5 Å². The summed E-state index contributed by atoms with van der Waals surface area (Å²) in [5.41, 5.74) is 21.5. The minimum absolute atomic E-state index is 0.502. The van der Waals surface area contributed by atoms with Crippen LogP contribution in [0.5, 0.6) is 0 Å². The van der Waals surface area contributed by atoms with Crippen LogP contribution < -0.4 is 4.90 Å². The van der Waals surface area contributed by atoms with Gasteiger partial charge in [0, 0.05) is 27.6 Å². The van der Waals surface area contributed by atoms with Crippen LogP contribution in [0.1, 0.15) is 22.3 Å². The molecule has 0 fully saturated rings. The van der Waals surface area contributed by atoms with Gasteiger partial charge in [0.15, 0.2) is 0 Å². The summed E-state index contributed by atoms with van der Waals surface area (Å²) in [5.74, 6) is 0. The first-order chi connectivity index (χ1) is 33.3. The largest absolute Gasteiger partial charge is 0.309 e.